The normalized spacial score (nSPS) is 15.9. The third kappa shape index (κ3) is 3.48. The highest BCUT2D eigenvalue weighted by atomic mass is 16.6. The number of carbonyl (C=O) groups is 1. The largest absolute Gasteiger partial charge is 0.491 e. The Labute approximate surface area is 134 Å². The molecule has 2 aromatic rings. The summed E-state index contributed by atoms with van der Waals surface area (Å²) in [4.78, 5) is 16.2. The summed E-state index contributed by atoms with van der Waals surface area (Å²) in [6, 6.07) is 7.29. The first-order chi connectivity index (χ1) is 11.0. The first-order valence-corrected chi connectivity index (χ1v) is 7.29. The van der Waals surface area contributed by atoms with Crippen LogP contribution in [0.1, 0.15) is 25.0 Å². The Balaban J connectivity index is 1.82. The fourth-order valence-electron chi connectivity index (χ4n) is 2.15. The van der Waals surface area contributed by atoms with Gasteiger partial charge >= 0.3 is 5.97 Å². The number of cyclic esters (lactones) is 1. The van der Waals surface area contributed by atoms with Crippen molar-refractivity contribution in [3.63, 3.8) is 0 Å². The summed E-state index contributed by atoms with van der Waals surface area (Å²) in [5, 5.41) is 4.05. The second kappa shape index (κ2) is 6.08. The van der Waals surface area contributed by atoms with E-state index < -0.39 is 5.97 Å². The van der Waals surface area contributed by atoms with Crippen LogP contribution in [-0.4, -0.2) is 27.8 Å². The van der Waals surface area contributed by atoms with Crippen LogP contribution >= 0.6 is 0 Å². The zero-order valence-corrected chi connectivity index (χ0v) is 13.2. The molecule has 0 N–H and O–H groups in total. The average molecular weight is 311 g/mol. The van der Waals surface area contributed by atoms with Crippen molar-refractivity contribution in [1.82, 2.24) is 9.78 Å². The lowest BCUT2D eigenvalue weighted by atomic mass is 10.2. The Hall–Kier alpha value is -2.89. The summed E-state index contributed by atoms with van der Waals surface area (Å²) in [5.74, 6) is 0.590. The summed E-state index contributed by atoms with van der Waals surface area (Å²) in [6.45, 7) is 3.93. The molecule has 1 aromatic carbocycles. The lowest BCUT2D eigenvalue weighted by molar-refractivity contribution is -0.129. The SMILES string of the molecule is CC(C)Oc1ccc(C2=N/C(=C/c3cnn(C)c3)C(=O)O2)cc1. The molecule has 0 bridgehead atoms. The summed E-state index contributed by atoms with van der Waals surface area (Å²) in [5.41, 5.74) is 1.78. The minimum atomic E-state index is -0.466. The van der Waals surface area contributed by atoms with Gasteiger partial charge in [0.15, 0.2) is 5.70 Å². The molecule has 6 nitrogen and oxygen atoms in total. The molecule has 0 spiro atoms. The third-order valence-electron chi connectivity index (χ3n) is 3.12. The standard InChI is InChI=1S/C17H17N3O3/c1-11(2)22-14-6-4-13(5-7-14)16-19-15(17(21)23-16)8-12-9-18-20(3)10-12/h4-11H,1-3H3/b15-8+. The topological polar surface area (TPSA) is 65.7 Å². The summed E-state index contributed by atoms with van der Waals surface area (Å²) in [7, 11) is 1.81. The Bertz CT molecular complexity index is 786. The molecule has 0 aliphatic carbocycles. The van der Waals surface area contributed by atoms with E-state index in [0.29, 0.717) is 5.90 Å². The zero-order valence-electron chi connectivity index (χ0n) is 13.2. The molecule has 0 amide bonds. The van der Waals surface area contributed by atoms with E-state index in [4.69, 9.17) is 9.47 Å². The van der Waals surface area contributed by atoms with Crippen molar-refractivity contribution in [3.8, 4) is 5.75 Å². The highest BCUT2D eigenvalue weighted by Crippen LogP contribution is 2.21. The van der Waals surface area contributed by atoms with Gasteiger partial charge in [0.2, 0.25) is 5.90 Å². The molecule has 6 heteroatoms. The molecule has 23 heavy (non-hydrogen) atoms. The predicted molar refractivity (Wildman–Crippen MR) is 86.0 cm³/mol. The van der Waals surface area contributed by atoms with E-state index in [-0.39, 0.29) is 11.8 Å². The second-order valence-electron chi connectivity index (χ2n) is 5.47. The number of carbonyl (C=O) groups excluding carboxylic acids is 1. The van der Waals surface area contributed by atoms with Gasteiger partial charge in [-0.1, -0.05) is 0 Å². The number of ether oxygens (including phenoxy) is 2. The molecule has 1 aromatic heterocycles. The molecule has 0 saturated heterocycles. The maximum Gasteiger partial charge on any atom is 0.363 e. The second-order valence-corrected chi connectivity index (χ2v) is 5.47. The number of nitrogens with zero attached hydrogens (tertiary/aromatic N) is 3. The van der Waals surface area contributed by atoms with E-state index in [1.165, 1.54) is 0 Å². The first-order valence-electron chi connectivity index (χ1n) is 7.29. The van der Waals surface area contributed by atoms with E-state index >= 15 is 0 Å². The van der Waals surface area contributed by atoms with Crippen molar-refractivity contribution < 1.29 is 14.3 Å². The van der Waals surface area contributed by atoms with Crippen LogP contribution in [0.2, 0.25) is 0 Å². The highest BCUT2D eigenvalue weighted by Gasteiger charge is 2.24. The van der Waals surface area contributed by atoms with E-state index in [1.807, 2.05) is 45.2 Å². The average Bonchev–Trinajstić information content (AvgIpc) is 3.06. The van der Waals surface area contributed by atoms with Gasteiger partial charge in [-0.15, -0.1) is 0 Å². The molecule has 0 radical (unpaired) electrons. The van der Waals surface area contributed by atoms with Gasteiger partial charge in [0, 0.05) is 24.4 Å². The maximum atomic E-state index is 11.9. The Morgan fingerprint density at radius 1 is 1.26 bits per heavy atom. The van der Waals surface area contributed by atoms with Crippen LogP contribution < -0.4 is 4.74 Å². The van der Waals surface area contributed by atoms with Gasteiger partial charge < -0.3 is 9.47 Å². The van der Waals surface area contributed by atoms with Crippen LogP contribution in [0.3, 0.4) is 0 Å². The minimum Gasteiger partial charge on any atom is -0.491 e. The molecule has 3 rings (SSSR count). The van der Waals surface area contributed by atoms with Crippen LogP contribution in [0, 0.1) is 0 Å². The van der Waals surface area contributed by atoms with E-state index in [1.54, 1.807) is 23.2 Å². The monoisotopic (exact) mass is 311 g/mol. The quantitative estimate of drug-likeness (QED) is 0.643. The fraction of sp³-hybridized carbons (Fsp3) is 0.235. The smallest absolute Gasteiger partial charge is 0.363 e. The lowest BCUT2D eigenvalue weighted by Crippen LogP contribution is -2.07. The molecule has 1 aliphatic rings. The molecule has 118 valence electrons. The molecular formula is C17H17N3O3. The Morgan fingerprint density at radius 2 is 2.00 bits per heavy atom. The molecule has 0 fully saturated rings. The van der Waals surface area contributed by atoms with Crippen molar-refractivity contribution in [1.29, 1.82) is 0 Å². The molecule has 0 unspecified atom stereocenters. The van der Waals surface area contributed by atoms with Crippen LogP contribution in [0.5, 0.6) is 5.75 Å². The maximum absolute atomic E-state index is 11.9. The van der Waals surface area contributed by atoms with Crippen molar-refractivity contribution in [2.45, 2.75) is 20.0 Å². The number of benzene rings is 1. The summed E-state index contributed by atoms with van der Waals surface area (Å²) >= 11 is 0. The number of hydrogen-bond acceptors (Lipinski definition) is 5. The Kier molecular flexibility index (Phi) is 3.97. The van der Waals surface area contributed by atoms with Gasteiger partial charge in [-0.05, 0) is 44.2 Å². The van der Waals surface area contributed by atoms with Crippen LogP contribution in [0.25, 0.3) is 6.08 Å². The number of aryl methyl sites for hydroxylation is 1. The fourth-order valence-corrected chi connectivity index (χ4v) is 2.15. The number of rotatable bonds is 4. The number of aromatic nitrogens is 2. The molecular weight excluding hydrogens is 294 g/mol. The summed E-state index contributed by atoms with van der Waals surface area (Å²) in [6.07, 6.45) is 5.22. The van der Waals surface area contributed by atoms with Crippen molar-refractivity contribution in [2.75, 3.05) is 0 Å². The summed E-state index contributed by atoms with van der Waals surface area (Å²) < 4.78 is 12.5. The third-order valence-corrected chi connectivity index (χ3v) is 3.12. The van der Waals surface area contributed by atoms with Crippen molar-refractivity contribution in [3.05, 3.63) is 53.5 Å². The number of hydrogen-bond donors (Lipinski definition) is 0. The van der Waals surface area contributed by atoms with Crippen LogP contribution in [-0.2, 0) is 16.6 Å². The van der Waals surface area contributed by atoms with E-state index in [2.05, 4.69) is 10.1 Å². The molecule has 0 saturated carbocycles. The number of aliphatic imine (C=N–C) groups is 1. The minimum absolute atomic E-state index is 0.108. The van der Waals surface area contributed by atoms with Crippen molar-refractivity contribution >= 4 is 17.9 Å². The van der Waals surface area contributed by atoms with Crippen molar-refractivity contribution in [2.24, 2.45) is 12.0 Å². The zero-order chi connectivity index (χ0) is 16.4. The molecule has 2 heterocycles. The van der Waals surface area contributed by atoms with E-state index in [9.17, 15) is 4.79 Å². The van der Waals surface area contributed by atoms with Gasteiger partial charge in [-0.25, -0.2) is 9.79 Å². The van der Waals surface area contributed by atoms with E-state index in [0.717, 1.165) is 16.9 Å². The first kappa shape index (κ1) is 15.0. The highest BCUT2D eigenvalue weighted by molar-refractivity contribution is 6.12. The van der Waals surface area contributed by atoms with Gasteiger partial charge in [0.25, 0.3) is 0 Å². The number of esters is 1. The molecule has 1 aliphatic heterocycles. The lowest BCUT2D eigenvalue weighted by Gasteiger charge is -2.09. The van der Waals surface area contributed by atoms with Gasteiger partial charge in [-0.2, -0.15) is 5.10 Å². The Morgan fingerprint density at radius 3 is 2.61 bits per heavy atom. The van der Waals surface area contributed by atoms with Crippen LogP contribution in [0.4, 0.5) is 0 Å². The predicted octanol–water partition coefficient (Wildman–Crippen LogP) is 2.55. The molecule has 0 atom stereocenters. The van der Waals surface area contributed by atoms with Gasteiger partial charge in [-0.3, -0.25) is 4.68 Å². The van der Waals surface area contributed by atoms with Gasteiger partial charge in [0.05, 0.1) is 12.3 Å². The van der Waals surface area contributed by atoms with Gasteiger partial charge in [0.1, 0.15) is 5.75 Å². The van der Waals surface area contributed by atoms with Crippen LogP contribution in [0.15, 0.2) is 47.3 Å².